The molecule has 6 heteroatoms. The molecule has 0 aliphatic rings. The molecule has 0 radical (unpaired) electrons. The van der Waals surface area contributed by atoms with E-state index in [2.05, 4.69) is 5.32 Å². The monoisotopic (exact) mass is 280 g/mol. The van der Waals surface area contributed by atoms with Crippen LogP contribution in [0, 0.1) is 0 Å². The first-order chi connectivity index (χ1) is 9.43. The molecule has 2 N–H and O–H groups in total. The van der Waals surface area contributed by atoms with Crippen LogP contribution in [0.4, 0.5) is 4.79 Å². The highest BCUT2D eigenvalue weighted by Crippen LogP contribution is 2.18. The Morgan fingerprint density at radius 1 is 1.40 bits per heavy atom. The zero-order valence-corrected chi connectivity index (χ0v) is 11.9. The number of aliphatic carboxylic acids is 1. The lowest BCUT2D eigenvalue weighted by Gasteiger charge is -2.21. The number of carboxylic acid groups (broad SMARTS) is 1. The normalized spacial score (nSPS) is 11.6. The average Bonchev–Trinajstić information content (AvgIpc) is 2.38. The minimum Gasteiger partial charge on any atom is -0.496 e. The second-order valence-electron chi connectivity index (χ2n) is 4.62. The molecule has 2 amide bonds. The summed E-state index contributed by atoms with van der Waals surface area (Å²) in [6, 6.07) is 6.70. The van der Waals surface area contributed by atoms with Gasteiger partial charge in [0.05, 0.1) is 20.1 Å². The third-order valence-electron chi connectivity index (χ3n) is 2.80. The summed E-state index contributed by atoms with van der Waals surface area (Å²) in [6.45, 7) is 2.04. The summed E-state index contributed by atoms with van der Waals surface area (Å²) >= 11 is 0. The van der Waals surface area contributed by atoms with Crippen molar-refractivity contribution < 1.29 is 19.4 Å². The van der Waals surface area contributed by atoms with Gasteiger partial charge in [0.1, 0.15) is 5.75 Å². The van der Waals surface area contributed by atoms with Crippen molar-refractivity contribution in [3.05, 3.63) is 29.8 Å². The standard InChI is InChI=1S/C14H20N2O4/c1-10(8-13(17)18)15-14(19)16(2)9-11-6-4-5-7-12(11)20-3/h4-7,10H,8-9H2,1-3H3,(H,15,19)(H,17,18). The van der Waals surface area contributed by atoms with Crippen LogP contribution in [0.25, 0.3) is 0 Å². The highest BCUT2D eigenvalue weighted by molar-refractivity contribution is 5.75. The summed E-state index contributed by atoms with van der Waals surface area (Å²) < 4.78 is 5.22. The lowest BCUT2D eigenvalue weighted by Crippen LogP contribution is -2.42. The first-order valence-corrected chi connectivity index (χ1v) is 6.29. The summed E-state index contributed by atoms with van der Waals surface area (Å²) in [7, 11) is 3.23. The number of hydrogen-bond acceptors (Lipinski definition) is 3. The fraction of sp³-hybridized carbons (Fsp3) is 0.429. The van der Waals surface area contributed by atoms with Crippen molar-refractivity contribution >= 4 is 12.0 Å². The summed E-state index contributed by atoms with van der Waals surface area (Å²) in [4.78, 5) is 24.0. The number of carboxylic acids is 1. The van der Waals surface area contributed by atoms with E-state index in [1.54, 1.807) is 21.1 Å². The van der Waals surface area contributed by atoms with Gasteiger partial charge in [-0.2, -0.15) is 0 Å². The molecule has 1 atom stereocenters. The van der Waals surface area contributed by atoms with Gasteiger partial charge in [-0.15, -0.1) is 0 Å². The van der Waals surface area contributed by atoms with Crippen molar-refractivity contribution in [1.82, 2.24) is 10.2 Å². The predicted octanol–water partition coefficient (Wildman–Crippen LogP) is 1.70. The van der Waals surface area contributed by atoms with E-state index in [-0.39, 0.29) is 12.5 Å². The van der Waals surface area contributed by atoms with Crippen LogP contribution in [0.5, 0.6) is 5.75 Å². The molecule has 20 heavy (non-hydrogen) atoms. The van der Waals surface area contributed by atoms with Crippen LogP contribution in [0.15, 0.2) is 24.3 Å². The number of nitrogens with one attached hydrogen (secondary N) is 1. The van der Waals surface area contributed by atoms with E-state index in [1.807, 2.05) is 24.3 Å². The Bertz CT molecular complexity index is 476. The Labute approximate surface area is 118 Å². The number of methoxy groups -OCH3 is 1. The summed E-state index contributed by atoms with van der Waals surface area (Å²) in [5, 5.41) is 11.3. The number of benzene rings is 1. The summed E-state index contributed by atoms with van der Waals surface area (Å²) in [5.74, 6) is -0.226. The molecule has 0 heterocycles. The largest absolute Gasteiger partial charge is 0.496 e. The van der Waals surface area contributed by atoms with Crippen molar-refractivity contribution in [3.8, 4) is 5.75 Å². The van der Waals surface area contributed by atoms with Crippen molar-refractivity contribution in [2.45, 2.75) is 25.9 Å². The number of hydrogen-bond donors (Lipinski definition) is 2. The first-order valence-electron chi connectivity index (χ1n) is 6.29. The van der Waals surface area contributed by atoms with Crippen molar-refractivity contribution in [2.24, 2.45) is 0 Å². The van der Waals surface area contributed by atoms with Crippen LogP contribution >= 0.6 is 0 Å². The van der Waals surface area contributed by atoms with E-state index in [4.69, 9.17) is 9.84 Å². The van der Waals surface area contributed by atoms with Gasteiger partial charge in [-0.05, 0) is 13.0 Å². The van der Waals surface area contributed by atoms with Gasteiger partial charge in [-0.3, -0.25) is 4.79 Å². The molecule has 110 valence electrons. The third kappa shape index (κ3) is 4.79. The SMILES string of the molecule is COc1ccccc1CN(C)C(=O)NC(C)CC(=O)O. The number of carbonyl (C=O) groups excluding carboxylic acids is 1. The number of rotatable bonds is 6. The van der Waals surface area contributed by atoms with Gasteiger partial charge in [0.15, 0.2) is 0 Å². The van der Waals surface area contributed by atoms with Crippen LogP contribution < -0.4 is 10.1 Å². The fourth-order valence-corrected chi connectivity index (χ4v) is 1.79. The van der Waals surface area contributed by atoms with Gasteiger partial charge in [0.25, 0.3) is 0 Å². The summed E-state index contributed by atoms with van der Waals surface area (Å²) in [6.07, 6.45) is -0.103. The number of para-hydroxylation sites is 1. The molecular weight excluding hydrogens is 260 g/mol. The highest BCUT2D eigenvalue weighted by Gasteiger charge is 2.15. The molecule has 1 unspecified atom stereocenters. The topological polar surface area (TPSA) is 78.9 Å². The fourth-order valence-electron chi connectivity index (χ4n) is 1.79. The molecule has 6 nitrogen and oxygen atoms in total. The van der Waals surface area contributed by atoms with Gasteiger partial charge in [0, 0.05) is 18.7 Å². The lowest BCUT2D eigenvalue weighted by molar-refractivity contribution is -0.137. The van der Waals surface area contributed by atoms with Crippen LogP contribution in [0.2, 0.25) is 0 Å². The maximum absolute atomic E-state index is 11.9. The minimum atomic E-state index is -0.940. The van der Waals surface area contributed by atoms with E-state index >= 15 is 0 Å². The number of urea groups is 1. The molecule has 0 fully saturated rings. The van der Waals surface area contributed by atoms with E-state index in [0.29, 0.717) is 12.3 Å². The Morgan fingerprint density at radius 2 is 2.05 bits per heavy atom. The molecule has 0 spiro atoms. The van der Waals surface area contributed by atoms with Crippen molar-refractivity contribution in [2.75, 3.05) is 14.2 Å². The van der Waals surface area contributed by atoms with Gasteiger partial charge in [0.2, 0.25) is 0 Å². The van der Waals surface area contributed by atoms with E-state index in [0.717, 1.165) is 5.56 Å². The van der Waals surface area contributed by atoms with E-state index < -0.39 is 12.0 Å². The van der Waals surface area contributed by atoms with E-state index in [9.17, 15) is 9.59 Å². The number of carbonyl (C=O) groups is 2. The highest BCUT2D eigenvalue weighted by atomic mass is 16.5. The van der Waals surface area contributed by atoms with Crippen molar-refractivity contribution in [1.29, 1.82) is 0 Å². The van der Waals surface area contributed by atoms with Gasteiger partial charge in [-0.1, -0.05) is 18.2 Å². The Hall–Kier alpha value is -2.24. The molecule has 0 aliphatic heterocycles. The molecule has 0 saturated heterocycles. The zero-order chi connectivity index (χ0) is 15.1. The zero-order valence-electron chi connectivity index (χ0n) is 11.9. The van der Waals surface area contributed by atoms with Crippen LogP contribution in [0.1, 0.15) is 18.9 Å². The molecule has 0 saturated carbocycles. The smallest absolute Gasteiger partial charge is 0.317 e. The Balaban J connectivity index is 2.59. The molecule has 0 aliphatic carbocycles. The average molecular weight is 280 g/mol. The van der Waals surface area contributed by atoms with Crippen LogP contribution in [-0.4, -0.2) is 42.2 Å². The van der Waals surface area contributed by atoms with E-state index in [1.165, 1.54) is 4.90 Å². The van der Waals surface area contributed by atoms with Crippen LogP contribution in [-0.2, 0) is 11.3 Å². The maximum Gasteiger partial charge on any atom is 0.317 e. The van der Waals surface area contributed by atoms with Crippen LogP contribution in [0.3, 0.4) is 0 Å². The summed E-state index contributed by atoms with van der Waals surface area (Å²) in [5.41, 5.74) is 0.888. The molecule has 1 aromatic carbocycles. The molecule has 0 aromatic heterocycles. The maximum atomic E-state index is 11.9. The Kier molecular flexibility index (Phi) is 5.83. The second-order valence-corrected chi connectivity index (χ2v) is 4.62. The molecular formula is C14H20N2O4. The van der Waals surface area contributed by atoms with Gasteiger partial charge < -0.3 is 20.1 Å². The first kappa shape index (κ1) is 15.8. The van der Waals surface area contributed by atoms with Gasteiger partial charge in [-0.25, -0.2) is 4.79 Å². The number of nitrogens with zero attached hydrogens (tertiary/aromatic N) is 1. The molecule has 1 rings (SSSR count). The minimum absolute atomic E-state index is 0.103. The van der Waals surface area contributed by atoms with Gasteiger partial charge >= 0.3 is 12.0 Å². The molecule has 1 aromatic rings. The molecule has 0 bridgehead atoms. The lowest BCUT2D eigenvalue weighted by atomic mass is 10.2. The second kappa shape index (κ2) is 7.37. The predicted molar refractivity (Wildman–Crippen MR) is 74.7 cm³/mol. The third-order valence-corrected chi connectivity index (χ3v) is 2.80. The Morgan fingerprint density at radius 3 is 2.65 bits per heavy atom. The number of amides is 2. The van der Waals surface area contributed by atoms with Crippen molar-refractivity contribution in [3.63, 3.8) is 0 Å². The quantitative estimate of drug-likeness (QED) is 0.831. The number of ether oxygens (including phenoxy) is 1.